The van der Waals surface area contributed by atoms with E-state index in [-0.39, 0.29) is 11.4 Å². The van der Waals surface area contributed by atoms with Crippen molar-refractivity contribution < 1.29 is 24.5 Å². The fourth-order valence-corrected chi connectivity index (χ4v) is 2.07. The van der Waals surface area contributed by atoms with E-state index in [0.29, 0.717) is 11.4 Å². The number of ether oxygens (including phenoxy) is 2. The van der Waals surface area contributed by atoms with Crippen molar-refractivity contribution >= 4 is 5.97 Å². The molecule has 0 bridgehead atoms. The van der Waals surface area contributed by atoms with Gasteiger partial charge in [0.15, 0.2) is 11.8 Å². The molecule has 0 spiro atoms. The first kappa shape index (κ1) is 13.5. The minimum Gasteiger partial charge on any atom is -0.497 e. The highest BCUT2D eigenvalue weighted by atomic mass is 16.6. The van der Waals surface area contributed by atoms with Crippen LogP contribution in [0.1, 0.15) is 22.3 Å². The Balaban J connectivity index is 1.96. The summed E-state index contributed by atoms with van der Waals surface area (Å²) in [5.41, 5.74) is 0.899. The second-order valence-electron chi connectivity index (χ2n) is 4.50. The maximum absolute atomic E-state index is 11.7. The largest absolute Gasteiger partial charge is 0.497 e. The van der Waals surface area contributed by atoms with Crippen molar-refractivity contribution in [1.82, 2.24) is 15.0 Å². The molecule has 2 atom stereocenters. The average molecular weight is 291 g/mol. The number of hydrogen-bond acceptors (Lipinski definition) is 7. The number of esters is 1. The Morgan fingerprint density at radius 2 is 2.10 bits per heavy atom. The van der Waals surface area contributed by atoms with Crippen molar-refractivity contribution in [3.8, 4) is 11.4 Å². The van der Waals surface area contributed by atoms with Crippen LogP contribution in [0.15, 0.2) is 24.3 Å². The number of benzene rings is 1. The summed E-state index contributed by atoms with van der Waals surface area (Å²) in [6.07, 6.45) is -2.22. The molecule has 2 heterocycles. The normalized spacial score (nSPS) is 18.2. The van der Waals surface area contributed by atoms with E-state index in [2.05, 4.69) is 10.2 Å². The van der Waals surface area contributed by atoms with Gasteiger partial charge in [-0.25, -0.2) is 4.79 Å². The molecule has 110 valence electrons. The van der Waals surface area contributed by atoms with Crippen molar-refractivity contribution in [2.24, 2.45) is 0 Å². The summed E-state index contributed by atoms with van der Waals surface area (Å²) in [7, 11) is 1.56. The Morgan fingerprint density at radius 3 is 2.71 bits per heavy atom. The number of rotatable bonds is 4. The second-order valence-corrected chi connectivity index (χ2v) is 4.50. The molecule has 0 fully saturated rings. The lowest BCUT2D eigenvalue weighted by atomic mass is 10.1. The second kappa shape index (κ2) is 5.15. The number of methoxy groups -OCH3 is 1. The van der Waals surface area contributed by atoms with Crippen molar-refractivity contribution in [3.63, 3.8) is 0 Å². The van der Waals surface area contributed by atoms with E-state index in [1.54, 1.807) is 31.4 Å². The number of carbonyl (C=O) groups is 1. The Kier molecular flexibility index (Phi) is 3.32. The van der Waals surface area contributed by atoms with Gasteiger partial charge in [0.25, 0.3) is 0 Å². The monoisotopic (exact) mass is 291 g/mol. The molecule has 2 N–H and O–H groups in total. The van der Waals surface area contributed by atoms with Gasteiger partial charge in [-0.3, -0.25) is 0 Å². The standard InChI is InChI=1S/C13H13N3O5/c1-20-8-4-2-7(3-5-8)16-14-10-11(15-16)13(19)21-12(10)9(18)6-17/h2-5,9,12,17-18H,6H2,1H3. The van der Waals surface area contributed by atoms with E-state index in [1.165, 1.54) is 4.80 Å². The predicted molar refractivity (Wildman–Crippen MR) is 69.2 cm³/mol. The van der Waals surface area contributed by atoms with Crippen LogP contribution in [-0.4, -0.2) is 51.0 Å². The summed E-state index contributed by atoms with van der Waals surface area (Å²) >= 11 is 0. The van der Waals surface area contributed by atoms with Gasteiger partial charge < -0.3 is 19.7 Å². The van der Waals surface area contributed by atoms with Gasteiger partial charge >= 0.3 is 5.97 Å². The van der Waals surface area contributed by atoms with Crippen molar-refractivity contribution in [2.45, 2.75) is 12.2 Å². The third kappa shape index (κ3) is 2.24. The van der Waals surface area contributed by atoms with Gasteiger partial charge in [-0.2, -0.15) is 4.80 Å². The lowest BCUT2D eigenvalue weighted by Gasteiger charge is -2.13. The number of cyclic esters (lactones) is 1. The van der Waals surface area contributed by atoms with Crippen LogP contribution in [0.5, 0.6) is 5.75 Å². The van der Waals surface area contributed by atoms with Crippen LogP contribution in [0.2, 0.25) is 0 Å². The van der Waals surface area contributed by atoms with Crippen LogP contribution in [0, 0.1) is 0 Å². The molecule has 0 radical (unpaired) electrons. The van der Waals surface area contributed by atoms with Crippen molar-refractivity contribution in [2.75, 3.05) is 13.7 Å². The summed E-state index contributed by atoms with van der Waals surface area (Å²) in [5.74, 6) is 0.0219. The fraction of sp³-hybridized carbons (Fsp3) is 0.308. The van der Waals surface area contributed by atoms with E-state index in [0.717, 1.165) is 0 Å². The maximum atomic E-state index is 11.7. The number of hydrogen-bond donors (Lipinski definition) is 2. The molecule has 8 heteroatoms. The quantitative estimate of drug-likeness (QED) is 0.754. The zero-order valence-electron chi connectivity index (χ0n) is 11.1. The Labute approximate surface area is 119 Å². The molecule has 1 aromatic carbocycles. The molecular weight excluding hydrogens is 278 g/mol. The molecule has 0 saturated carbocycles. The van der Waals surface area contributed by atoms with E-state index < -0.39 is 24.8 Å². The smallest absolute Gasteiger partial charge is 0.361 e. The lowest BCUT2D eigenvalue weighted by Crippen LogP contribution is -2.23. The SMILES string of the molecule is COc1ccc(-n2nc3c(n2)C(C(O)CO)OC3=O)cc1. The lowest BCUT2D eigenvalue weighted by molar-refractivity contribution is -0.0315. The Hall–Kier alpha value is -2.45. The minimum atomic E-state index is -1.23. The van der Waals surface area contributed by atoms with E-state index in [1.807, 2.05) is 0 Å². The van der Waals surface area contributed by atoms with Gasteiger partial charge in [-0.1, -0.05) is 0 Å². The molecule has 0 amide bonds. The molecule has 1 aliphatic heterocycles. The molecule has 2 unspecified atom stereocenters. The third-order valence-corrected chi connectivity index (χ3v) is 3.18. The summed E-state index contributed by atoms with van der Waals surface area (Å²) in [4.78, 5) is 13.0. The number of fused-ring (bicyclic) bond motifs is 1. The molecule has 0 aliphatic carbocycles. The third-order valence-electron chi connectivity index (χ3n) is 3.18. The van der Waals surface area contributed by atoms with Gasteiger partial charge in [0, 0.05) is 0 Å². The minimum absolute atomic E-state index is 0.0447. The van der Waals surface area contributed by atoms with E-state index in [4.69, 9.17) is 14.6 Å². The van der Waals surface area contributed by atoms with E-state index >= 15 is 0 Å². The molecular formula is C13H13N3O5. The summed E-state index contributed by atoms with van der Waals surface area (Å²) in [6, 6.07) is 6.94. The maximum Gasteiger partial charge on any atom is 0.361 e. The molecule has 0 saturated heterocycles. The van der Waals surface area contributed by atoms with Crippen molar-refractivity contribution in [1.29, 1.82) is 0 Å². The molecule has 1 aromatic heterocycles. The molecule has 1 aliphatic rings. The van der Waals surface area contributed by atoms with Crippen molar-refractivity contribution in [3.05, 3.63) is 35.7 Å². The number of carbonyl (C=O) groups excluding carboxylic acids is 1. The van der Waals surface area contributed by atoms with Crippen LogP contribution in [-0.2, 0) is 4.74 Å². The highest BCUT2D eigenvalue weighted by Crippen LogP contribution is 2.31. The highest BCUT2D eigenvalue weighted by molar-refractivity contribution is 5.91. The highest BCUT2D eigenvalue weighted by Gasteiger charge is 2.40. The number of nitrogens with zero attached hydrogens (tertiary/aromatic N) is 3. The molecule has 3 rings (SSSR count). The van der Waals surface area contributed by atoms with Crippen LogP contribution in [0.3, 0.4) is 0 Å². The van der Waals surface area contributed by atoms with Gasteiger partial charge in [-0.15, -0.1) is 10.2 Å². The molecule has 8 nitrogen and oxygen atoms in total. The first-order chi connectivity index (χ1) is 10.1. The number of aliphatic hydroxyl groups excluding tert-OH is 2. The van der Waals surface area contributed by atoms with E-state index in [9.17, 15) is 9.90 Å². The Morgan fingerprint density at radius 1 is 1.38 bits per heavy atom. The Bertz CT molecular complexity index is 667. The van der Waals surface area contributed by atoms with Gasteiger partial charge in [-0.05, 0) is 24.3 Å². The van der Waals surface area contributed by atoms with Gasteiger partial charge in [0.05, 0.1) is 19.4 Å². The zero-order chi connectivity index (χ0) is 15.0. The average Bonchev–Trinajstić information content (AvgIpc) is 3.07. The van der Waals surface area contributed by atoms with Gasteiger partial charge in [0.1, 0.15) is 17.5 Å². The first-order valence-electron chi connectivity index (χ1n) is 6.25. The number of aliphatic hydroxyl groups is 2. The van der Waals surface area contributed by atoms with Crippen LogP contribution >= 0.6 is 0 Å². The van der Waals surface area contributed by atoms with Gasteiger partial charge in [0.2, 0.25) is 0 Å². The molecule has 2 aromatic rings. The molecule has 21 heavy (non-hydrogen) atoms. The van der Waals surface area contributed by atoms with Crippen LogP contribution in [0.25, 0.3) is 5.69 Å². The zero-order valence-corrected chi connectivity index (χ0v) is 11.1. The number of aromatic nitrogens is 3. The predicted octanol–water partition coefficient (Wildman–Crippen LogP) is -0.159. The summed E-state index contributed by atoms with van der Waals surface area (Å²) < 4.78 is 10.0. The first-order valence-corrected chi connectivity index (χ1v) is 6.25. The topological polar surface area (TPSA) is 107 Å². The summed E-state index contributed by atoms with van der Waals surface area (Å²) in [6.45, 7) is -0.535. The summed E-state index contributed by atoms with van der Waals surface area (Å²) in [5, 5.41) is 26.9. The fourth-order valence-electron chi connectivity index (χ4n) is 2.07. The van der Waals surface area contributed by atoms with Crippen LogP contribution < -0.4 is 4.74 Å². The van der Waals surface area contributed by atoms with Crippen LogP contribution in [0.4, 0.5) is 0 Å².